The van der Waals surface area contributed by atoms with Gasteiger partial charge in [-0.05, 0) is 13.2 Å². The number of hydrogen-bond acceptors (Lipinski definition) is 5. The standard InChI is InChI=1S/C9H16N2O2S2/c1-7(8(5-12)14-2)11-9(13)6-15-4-3-10/h7-8,12H,4-6H2,1-2H3,(H,11,13). The second-order valence-electron chi connectivity index (χ2n) is 2.96. The molecule has 0 radical (unpaired) electrons. The zero-order chi connectivity index (χ0) is 11.7. The van der Waals surface area contributed by atoms with Crippen molar-refractivity contribution in [2.45, 2.75) is 18.2 Å². The van der Waals surface area contributed by atoms with Crippen LogP contribution in [0.5, 0.6) is 0 Å². The van der Waals surface area contributed by atoms with Crippen molar-refractivity contribution in [1.82, 2.24) is 5.32 Å². The summed E-state index contributed by atoms with van der Waals surface area (Å²) >= 11 is 2.81. The second-order valence-corrected chi connectivity index (χ2v) is 5.03. The summed E-state index contributed by atoms with van der Waals surface area (Å²) in [5, 5.41) is 20.1. The minimum Gasteiger partial charge on any atom is -0.395 e. The molecule has 4 nitrogen and oxygen atoms in total. The second kappa shape index (κ2) is 8.89. The number of aliphatic hydroxyl groups excluding tert-OH is 1. The zero-order valence-electron chi connectivity index (χ0n) is 8.90. The summed E-state index contributed by atoms with van der Waals surface area (Å²) in [5.74, 6) is 0.535. The van der Waals surface area contributed by atoms with Crippen LogP contribution in [0.3, 0.4) is 0 Å². The van der Waals surface area contributed by atoms with Crippen LogP contribution in [0.1, 0.15) is 6.92 Å². The molecular formula is C9H16N2O2S2. The Kier molecular flexibility index (Phi) is 8.67. The van der Waals surface area contributed by atoms with Crippen LogP contribution < -0.4 is 5.32 Å². The van der Waals surface area contributed by atoms with E-state index in [0.29, 0.717) is 11.5 Å². The number of rotatable bonds is 7. The third kappa shape index (κ3) is 6.66. The number of nitriles is 1. The van der Waals surface area contributed by atoms with Gasteiger partial charge in [-0.25, -0.2) is 0 Å². The van der Waals surface area contributed by atoms with Gasteiger partial charge in [0.25, 0.3) is 0 Å². The average Bonchev–Trinajstić information content (AvgIpc) is 2.20. The van der Waals surface area contributed by atoms with Crippen molar-refractivity contribution in [2.75, 3.05) is 24.4 Å². The molecule has 0 heterocycles. The number of thioether (sulfide) groups is 2. The summed E-state index contributed by atoms with van der Waals surface area (Å²) in [5.41, 5.74) is 0. The monoisotopic (exact) mass is 248 g/mol. The number of hydrogen-bond donors (Lipinski definition) is 2. The summed E-state index contributed by atoms with van der Waals surface area (Å²) in [6.07, 6.45) is 1.90. The van der Waals surface area contributed by atoms with Crippen molar-refractivity contribution in [3.8, 4) is 6.07 Å². The maximum atomic E-state index is 11.3. The van der Waals surface area contributed by atoms with Crippen LogP contribution in [0.2, 0.25) is 0 Å². The van der Waals surface area contributed by atoms with Gasteiger partial charge in [0.15, 0.2) is 0 Å². The molecule has 2 N–H and O–H groups in total. The molecule has 0 aromatic carbocycles. The molecule has 0 spiro atoms. The third-order valence-corrected chi connectivity index (χ3v) is 3.79. The maximum absolute atomic E-state index is 11.3. The number of nitrogens with zero attached hydrogens (tertiary/aromatic N) is 1. The van der Waals surface area contributed by atoms with Crippen molar-refractivity contribution >= 4 is 29.4 Å². The predicted molar refractivity (Wildman–Crippen MR) is 64.9 cm³/mol. The zero-order valence-corrected chi connectivity index (χ0v) is 10.5. The Hall–Kier alpha value is -0.380. The summed E-state index contributed by atoms with van der Waals surface area (Å²) in [6, 6.07) is 1.90. The summed E-state index contributed by atoms with van der Waals surface area (Å²) in [6.45, 7) is 1.91. The quantitative estimate of drug-likeness (QED) is 0.641. The number of carbonyl (C=O) groups is 1. The fourth-order valence-corrected chi connectivity index (χ4v) is 2.10. The largest absolute Gasteiger partial charge is 0.395 e. The number of carbonyl (C=O) groups excluding carboxylic acids is 1. The van der Waals surface area contributed by atoms with Crippen molar-refractivity contribution in [3.05, 3.63) is 0 Å². The molecule has 0 bridgehead atoms. The highest BCUT2D eigenvalue weighted by Crippen LogP contribution is 2.10. The lowest BCUT2D eigenvalue weighted by molar-refractivity contribution is -0.119. The van der Waals surface area contributed by atoms with Gasteiger partial charge in [0.05, 0.1) is 24.2 Å². The molecule has 15 heavy (non-hydrogen) atoms. The Bertz CT molecular complexity index is 227. The van der Waals surface area contributed by atoms with Gasteiger partial charge in [-0.1, -0.05) is 0 Å². The molecular weight excluding hydrogens is 232 g/mol. The summed E-state index contributed by atoms with van der Waals surface area (Å²) in [7, 11) is 0. The molecule has 0 saturated carbocycles. The van der Waals surface area contributed by atoms with Crippen molar-refractivity contribution < 1.29 is 9.90 Å². The van der Waals surface area contributed by atoms with Crippen LogP contribution in [-0.2, 0) is 4.79 Å². The van der Waals surface area contributed by atoms with Crippen LogP contribution in [0.25, 0.3) is 0 Å². The third-order valence-electron chi connectivity index (χ3n) is 1.83. The van der Waals surface area contributed by atoms with Gasteiger partial charge in [0, 0.05) is 11.3 Å². The molecule has 86 valence electrons. The first-order chi connectivity index (χ1) is 7.15. The van der Waals surface area contributed by atoms with E-state index >= 15 is 0 Å². The van der Waals surface area contributed by atoms with E-state index in [0.717, 1.165) is 0 Å². The first-order valence-electron chi connectivity index (χ1n) is 4.53. The van der Waals surface area contributed by atoms with Gasteiger partial charge in [-0.2, -0.15) is 17.0 Å². The molecule has 0 saturated heterocycles. The minimum absolute atomic E-state index is 0.0231. The smallest absolute Gasteiger partial charge is 0.230 e. The average molecular weight is 248 g/mol. The van der Waals surface area contributed by atoms with E-state index < -0.39 is 0 Å². The number of amides is 1. The molecule has 0 aliphatic heterocycles. The Morgan fingerprint density at radius 3 is 2.80 bits per heavy atom. The van der Waals surface area contributed by atoms with E-state index in [1.165, 1.54) is 23.5 Å². The van der Waals surface area contributed by atoms with Crippen molar-refractivity contribution in [2.24, 2.45) is 0 Å². The Labute approximate surface area is 98.8 Å². The van der Waals surface area contributed by atoms with E-state index in [4.69, 9.17) is 10.4 Å². The normalized spacial score (nSPS) is 14.0. The molecule has 2 unspecified atom stereocenters. The van der Waals surface area contributed by atoms with E-state index in [1.807, 2.05) is 19.2 Å². The first-order valence-corrected chi connectivity index (χ1v) is 6.97. The molecule has 0 aromatic heterocycles. The van der Waals surface area contributed by atoms with E-state index in [1.54, 1.807) is 0 Å². The van der Waals surface area contributed by atoms with Gasteiger partial charge < -0.3 is 10.4 Å². The molecule has 2 atom stereocenters. The number of aliphatic hydroxyl groups is 1. The molecule has 0 rings (SSSR count). The Balaban J connectivity index is 3.80. The van der Waals surface area contributed by atoms with E-state index in [-0.39, 0.29) is 23.8 Å². The van der Waals surface area contributed by atoms with Crippen LogP contribution in [0.15, 0.2) is 0 Å². The molecule has 1 amide bonds. The Morgan fingerprint density at radius 1 is 1.67 bits per heavy atom. The van der Waals surface area contributed by atoms with Crippen LogP contribution in [-0.4, -0.2) is 46.7 Å². The van der Waals surface area contributed by atoms with Gasteiger partial charge in [-0.15, -0.1) is 11.8 Å². The van der Waals surface area contributed by atoms with Crippen LogP contribution in [0.4, 0.5) is 0 Å². The summed E-state index contributed by atoms with van der Waals surface area (Å²) in [4.78, 5) is 11.3. The molecule has 6 heteroatoms. The fraction of sp³-hybridized carbons (Fsp3) is 0.778. The van der Waals surface area contributed by atoms with Crippen LogP contribution >= 0.6 is 23.5 Å². The first kappa shape index (κ1) is 14.6. The molecule has 0 fully saturated rings. The minimum atomic E-state index is -0.0877. The van der Waals surface area contributed by atoms with Crippen molar-refractivity contribution in [3.63, 3.8) is 0 Å². The molecule has 0 aliphatic carbocycles. The predicted octanol–water partition coefficient (Wildman–Crippen LogP) is 0.472. The highest BCUT2D eigenvalue weighted by molar-refractivity contribution is 8.00. The van der Waals surface area contributed by atoms with Gasteiger partial charge in [0.2, 0.25) is 5.91 Å². The SMILES string of the molecule is CSC(CO)C(C)NC(=O)CSCC#N. The Morgan fingerprint density at radius 2 is 2.33 bits per heavy atom. The maximum Gasteiger partial charge on any atom is 0.230 e. The van der Waals surface area contributed by atoms with Gasteiger partial charge in [0.1, 0.15) is 0 Å². The lowest BCUT2D eigenvalue weighted by atomic mass is 10.2. The number of nitrogens with one attached hydrogen (secondary N) is 1. The molecule has 0 aromatic rings. The van der Waals surface area contributed by atoms with Crippen LogP contribution in [0, 0.1) is 11.3 Å². The fourth-order valence-electron chi connectivity index (χ4n) is 1.01. The lowest BCUT2D eigenvalue weighted by Crippen LogP contribution is -2.42. The molecule has 0 aliphatic rings. The highest BCUT2D eigenvalue weighted by atomic mass is 32.2. The van der Waals surface area contributed by atoms with E-state index in [9.17, 15) is 4.79 Å². The van der Waals surface area contributed by atoms with Gasteiger partial charge in [-0.3, -0.25) is 4.79 Å². The van der Waals surface area contributed by atoms with E-state index in [2.05, 4.69) is 5.32 Å². The van der Waals surface area contributed by atoms with Gasteiger partial charge >= 0.3 is 0 Å². The topological polar surface area (TPSA) is 73.1 Å². The summed E-state index contributed by atoms with van der Waals surface area (Å²) < 4.78 is 0. The highest BCUT2D eigenvalue weighted by Gasteiger charge is 2.16. The lowest BCUT2D eigenvalue weighted by Gasteiger charge is -2.21. The van der Waals surface area contributed by atoms with Crippen molar-refractivity contribution in [1.29, 1.82) is 5.26 Å².